The van der Waals surface area contributed by atoms with Gasteiger partial charge in [-0.3, -0.25) is 9.98 Å². The van der Waals surface area contributed by atoms with E-state index in [9.17, 15) is 0 Å². The van der Waals surface area contributed by atoms with Crippen molar-refractivity contribution in [1.82, 2.24) is 0 Å². The Bertz CT molecular complexity index is 1250. The zero-order valence-corrected chi connectivity index (χ0v) is 17.0. The number of fused-ring (bicyclic) bond motifs is 2. The van der Waals surface area contributed by atoms with Crippen LogP contribution in [0.15, 0.2) is 81.0 Å². The molecule has 0 saturated carbocycles. The summed E-state index contributed by atoms with van der Waals surface area (Å²) < 4.78 is 0. The molecule has 0 aromatic heterocycles. The molecule has 0 amide bonds. The van der Waals surface area contributed by atoms with Crippen molar-refractivity contribution in [2.75, 3.05) is 0 Å². The lowest BCUT2D eigenvalue weighted by Gasteiger charge is -2.05. The normalized spacial score (nSPS) is 15.2. The van der Waals surface area contributed by atoms with Crippen LogP contribution in [0.3, 0.4) is 0 Å². The molecule has 0 bridgehead atoms. The lowest BCUT2D eigenvalue weighted by atomic mass is 9.98. The van der Waals surface area contributed by atoms with Crippen LogP contribution in [0.4, 0.5) is 11.4 Å². The third-order valence-electron chi connectivity index (χ3n) is 5.74. The highest BCUT2D eigenvalue weighted by molar-refractivity contribution is 6.10. The molecule has 3 aromatic carbocycles. The summed E-state index contributed by atoms with van der Waals surface area (Å²) in [4.78, 5) is 9.48. The molecule has 32 heavy (non-hydrogen) atoms. The largest absolute Gasteiger partial charge is 0.409 e. The Labute approximate surface area is 183 Å². The molecule has 8 nitrogen and oxygen atoms in total. The average molecular weight is 424 g/mol. The Morgan fingerprint density at radius 1 is 0.656 bits per heavy atom. The zero-order chi connectivity index (χ0) is 22.2. The predicted molar refractivity (Wildman–Crippen MR) is 124 cm³/mol. The minimum absolute atomic E-state index is 0.0855. The number of nitrogens with zero attached hydrogens (tertiary/aromatic N) is 4. The first-order chi connectivity index (χ1) is 15.6. The average Bonchev–Trinajstić information content (AvgIpc) is 3.46. The molecule has 158 valence electrons. The van der Waals surface area contributed by atoms with Gasteiger partial charge in [-0.25, -0.2) is 0 Å². The first kappa shape index (κ1) is 19.5. The molecule has 0 aliphatic carbocycles. The van der Waals surface area contributed by atoms with Gasteiger partial charge in [-0.2, -0.15) is 0 Å². The second kappa shape index (κ2) is 7.66. The second-order valence-electron chi connectivity index (χ2n) is 7.71. The minimum atomic E-state index is 0.0855. The topological polar surface area (TPSA) is 142 Å². The molecule has 5 rings (SSSR count). The van der Waals surface area contributed by atoms with Crippen LogP contribution in [-0.4, -0.2) is 33.5 Å². The summed E-state index contributed by atoms with van der Waals surface area (Å²) in [5, 5.41) is 23.9. The molecule has 0 atom stereocenters. The van der Waals surface area contributed by atoms with Gasteiger partial charge in [0.25, 0.3) is 0 Å². The highest BCUT2D eigenvalue weighted by Gasteiger charge is 2.20. The van der Waals surface area contributed by atoms with Crippen LogP contribution in [-0.2, 0) is 12.8 Å². The van der Waals surface area contributed by atoms with E-state index in [1.165, 1.54) is 0 Å². The Kier molecular flexibility index (Phi) is 4.67. The molecule has 0 fully saturated rings. The summed E-state index contributed by atoms with van der Waals surface area (Å²) in [7, 11) is 0. The molecular weight excluding hydrogens is 404 g/mol. The van der Waals surface area contributed by atoms with Gasteiger partial charge in [0.1, 0.15) is 0 Å². The smallest absolute Gasteiger partial charge is 0.170 e. The van der Waals surface area contributed by atoms with Crippen LogP contribution >= 0.6 is 0 Å². The van der Waals surface area contributed by atoms with Crippen molar-refractivity contribution in [3.8, 4) is 0 Å². The fraction of sp³-hybridized carbons (Fsp3) is 0.0833. The third kappa shape index (κ3) is 3.37. The molecule has 2 heterocycles. The lowest BCUT2D eigenvalue weighted by molar-refractivity contribution is 0.318. The van der Waals surface area contributed by atoms with E-state index in [1.54, 1.807) is 12.1 Å². The second-order valence-corrected chi connectivity index (χ2v) is 7.71. The molecular formula is C24H20N6O2. The van der Waals surface area contributed by atoms with Gasteiger partial charge in [0.05, 0.1) is 22.8 Å². The summed E-state index contributed by atoms with van der Waals surface area (Å²) >= 11 is 0. The van der Waals surface area contributed by atoms with Crippen LogP contribution in [0.1, 0.15) is 33.4 Å². The fourth-order valence-electron chi connectivity index (χ4n) is 4.03. The van der Waals surface area contributed by atoms with E-state index in [1.807, 2.05) is 24.3 Å². The molecule has 0 spiro atoms. The van der Waals surface area contributed by atoms with E-state index in [2.05, 4.69) is 34.6 Å². The Morgan fingerprint density at radius 3 is 1.44 bits per heavy atom. The fourth-order valence-corrected chi connectivity index (χ4v) is 4.03. The van der Waals surface area contributed by atoms with Crippen LogP contribution in [0.5, 0.6) is 0 Å². The zero-order valence-electron chi connectivity index (χ0n) is 17.0. The minimum Gasteiger partial charge on any atom is -0.409 e. The van der Waals surface area contributed by atoms with E-state index < -0.39 is 0 Å². The highest BCUT2D eigenvalue weighted by atomic mass is 16.4. The van der Waals surface area contributed by atoms with E-state index in [0.717, 1.165) is 45.1 Å². The maximum Gasteiger partial charge on any atom is 0.170 e. The van der Waals surface area contributed by atoms with Gasteiger partial charge in [-0.1, -0.05) is 34.6 Å². The first-order valence-corrected chi connectivity index (χ1v) is 10.0. The molecule has 0 unspecified atom stereocenters. The number of amidine groups is 2. The third-order valence-corrected chi connectivity index (χ3v) is 5.74. The van der Waals surface area contributed by atoms with Gasteiger partial charge in [-0.15, -0.1) is 0 Å². The van der Waals surface area contributed by atoms with E-state index >= 15 is 0 Å². The van der Waals surface area contributed by atoms with E-state index in [-0.39, 0.29) is 11.7 Å². The first-order valence-electron chi connectivity index (χ1n) is 10.0. The summed E-state index contributed by atoms with van der Waals surface area (Å²) in [6, 6.07) is 19.4. The molecule has 3 aromatic rings. The van der Waals surface area contributed by atoms with E-state index in [0.29, 0.717) is 24.0 Å². The van der Waals surface area contributed by atoms with Gasteiger partial charge >= 0.3 is 0 Å². The van der Waals surface area contributed by atoms with Crippen molar-refractivity contribution in [3.05, 3.63) is 94.0 Å². The number of oxime groups is 2. The summed E-state index contributed by atoms with van der Waals surface area (Å²) in [5.41, 5.74) is 20.7. The maximum atomic E-state index is 8.89. The summed E-state index contributed by atoms with van der Waals surface area (Å²) in [6.07, 6.45) is 1.37. The van der Waals surface area contributed by atoms with Gasteiger partial charge in [-0.05, 0) is 58.7 Å². The molecule has 8 heteroatoms. The maximum absolute atomic E-state index is 8.89. The van der Waals surface area contributed by atoms with Crippen molar-refractivity contribution in [2.45, 2.75) is 12.8 Å². The standard InChI is InChI=1S/C24H20N6O2/c25-23(29-31)15-5-7-19-17(9-15)11-21(27-19)13-1-2-14(4-3-13)22-12-18-10-16(24(26)30-32)6-8-20(18)28-22/h1-10,31-32H,11-12H2,(H2,25,29)(H2,26,30). The molecule has 0 saturated heterocycles. The number of hydrogen-bond acceptors (Lipinski definition) is 6. The quantitative estimate of drug-likeness (QED) is 0.221. The Morgan fingerprint density at radius 2 is 1.06 bits per heavy atom. The lowest BCUT2D eigenvalue weighted by Crippen LogP contribution is -2.13. The number of hydrogen-bond donors (Lipinski definition) is 4. The van der Waals surface area contributed by atoms with Crippen LogP contribution < -0.4 is 11.5 Å². The van der Waals surface area contributed by atoms with Crippen LogP contribution in [0.25, 0.3) is 0 Å². The van der Waals surface area contributed by atoms with Crippen molar-refractivity contribution in [1.29, 1.82) is 0 Å². The molecule has 0 radical (unpaired) electrons. The molecule has 2 aliphatic heterocycles. The predicted octanol–water partition coefficient (Wildman–Crippen LogP) is 3.23. The Balaban J connectivity index is 1.34. The van der Waals surface area contributed by atoms with Gasteiger partial charge in [0, 0.05) is 24.0 Å². The van der Waals surface area contributed by atoms with Gasteiger partial charge < -0.3 is 21.9 Å². The monoisotopic (exact) mass is 424 g/mol. The van der Waals surface area contributed by atoms with Gasteiger partial charge in [0.15, 0.2) is 11.7 Å². The Hall–Kier alpha value is -4.46. The summed E-state index contributed by atoms with van der Waals surface area (Å²) in [6.45, 7) is 0. The summed E-state index contributed by atoms with van der Waals surface area (Å²) in [5.74, 6) is 0.171. The van der Waals surface area contributed by atoms with Crippen molar-refractivity contribution in [3.63, 3.8) is 0 Å². The van der Waals surface area contributed by atoms with Crippen LogP contribution in [0, 0.1) is 0 Å². The van der Waals surface area contributed by atoms with Crippen molar-refractivity contribution < 1.29 is 10.4 Å². The molecule has 2 aliphatic rings. The van der Waals surface area contributed by atoms with Gasteiger partial charge in [0.2, 0.25) is 0 Å². The highest BCUT2D eigenvalue weighted by Crippen LogP contribution is 2.32. The SMILES string of the molecule is NC(=NO)c1ccc2c(c1)CC(c1ccc(C3=Nc4ccc(C(N)=NO)cc4C3)cc1)=N2. The number of rotatable bonds is 4. The number of aliphatic imine (C=N–C) groups is 2. The number of benzene rings is 3. The van der Waals surface area contributed by atoms with Crippen molar-refractivity contribution in [2.24, 2.45) is 31.8 Å². The van der Waals surface area contributed by atoms with Crippen LogP contribution in [0.2, 0.25) is 0 Å². The van der Waals surface area contributed by atoms with Crippen molar-refractivity contribution >= 4 is 34.5 Å². The molecule has 6 N–H and O–H groups in total. The van der Waals surface area contributed by atoms with E-state index in [4.69, 9.17) is 31.9 Å². The number of nitrogens with two attached hydrogens (primary N) is 2.